The molecule has 3 N–H and O–H groups in total. The summed E-state index contributed by atoms with van der Waals surface area (Å²) in [5, 5.41) is 4.56. The number of hydrogen-bond acceptors (Lipinski definition) is 3. The third-order valence-electron chi connectivity index (χ3n) is 3.69. The average Bonchev–Trinajstić information content (AvgIpc) is 2.90. The third kappa shape index (κ3) is 1.94. The predicted molar refractivity (Wildman–Crippen MR) is 79.7 cm³/mol. The largest absolute Gasteiger partial charge is 0.398 e. The normalized spacial score (nSPS) is 20.9. The van der Waals surface area contributed by atoms with Crippen molar-refractivity contribution in [1.82, 2.24) is 4.98 Å². The highest BCUT2D eigenvalue weighted by atomic mass is 79.9. The van der Waals surface area contributed by atoms with E-state index in [0.717, 1.165) is 26.8 Å². The zero-order valence-corrected chi connectivity index (χ0v) is 12.1. The standard InChI is InChI=1S/C14H16BrN3/c1-14(2)6-12(14)18-11-4-3-10(16)9-5-8(15)7-17-13(9)11/h3-5,7,12,18H,6,16H2,1-2H3. The Bertz CT molecular complexity index is 622. The minimum Gasteiger partial charge on any atom is -0.398 e. The van der Waals surface area contributed by atoms with Gasteiger partial charge in [0.15, 0.2) is 0 Å². The van der Waals surface area contributed by atoms with Crippen LogP contribution < -0.4 is 11.1 Å². The second-order valence-corrected chi connectivity index (χ2v) is 6.56. The lowest BCUT2D eigenvalue weighted by Crippen LogP contribution is -2.09. The minimum absolute atomic E-state index is 0.392. The Morgan fingerprint density at radius 2 is 2.17 bits per heavy atom. The molecule has 1 heterocycles. The number of nitrogen functional groups attached to an aromatic ring is 1. The van der Waals surface area contributed by atoms with E-state index in [1.54, 1.807) is 0 Å². The molecule has 0 amide bonds. The van der Waals surface area contributed by atoms with E-state index in [2.05, 4.69) is 40.1 Å². The molecule has 0 bridgehead atoms. The molecule has 3 rings (SSSR count). The summed E-state index contributed by atoms with van der Waals surface area (Å²) in [6.07, 6.45) is 3.01. The summed E-state index contributed by atoms with van der Waals surface area (Å²) in [5.74, 6) is 0. The highest BCUT2D eigenvalue weighted by Gasteiger charge is 2.45. The van der Waals surface area contributed by atoms with Crippen molar-refractivity contribution in [1.29, 1.82) is 0 Å². The molecular formula is C14H16BrN3. The molecule has 94 valence electrons. The van der Waals surface area contributed by atoms with Gasteiger partial charge in [-0.1, -0.05) is 13.8 Å². The summed E-state index contributed by atoms with van der Waals surface area (Å²) in [6, 6.07) is 6.51. The molecule has 1 aliphatic rings. The summed E-state index contributed by atoms with van der Waals surface area (Å²) in [5.41, 5.74) is 9.18. The van der Waals surface area contributed by atoms with Crippen molar-refractivity contribution in [2.45, 2.75) is 26.3 Å². The lowest BCUT2D eigenvalue weighted by atomic mass is 10.1. The number of rotatable bonds is 2. The van der Waals surface area contributed by atoms with Crippen molar-refractivity contribution < 1.29 is 0 Å². The number of nitrogens with two attached hydrogens (primary N) is 1. The predicted octanol–water partition coefficient (Wildman–Crippen LogP) is 3.79. The molecule has 2 aromatic rings. The summed E-state index contributed by atoms with van der Waals surface area (Å²) in [6.45, 7) is 4.54. The molecule has 0 radical (unpaired) electrons. The van der Waals surface area contributed by atoms with E-state index in [4.69, 9.17) is 5.73 Å². The smallest absolute Gasteiger partial charge is 0.0954 e. The van der Waals surface area contributed by atoms with Gasteiger partial charge in [-0.3, -0.25) is 4.98 Å². The van der Waals surface area contributed by atoms with Gasteiger partial charge in [0.25, 0.3) is 0 Å². The van der Waals surface area contributed by atoms with Gasteiger partial charge in [-0.2, -0.15) is 0 Å². The summed E-state index contributed by atoms with van der Waals surface area (Å²) in [4.78, 5) is 4.48. The van der Waals surface area contributed by atoms with Crippen LogP contribution in [0.1, 0.15) is 20.3 Å². The van der Waals surface area contributed by atoms with Crippen LogP contribution in [0.3, 0.4) is 0 Å². The van der Waals surface area contributed by atoms with E-state index < -0.39 is 0 Å². The first-order valence-electron chi connectivity index (χ1n) is 6.08. The van der Waals surface area contributed by atoms with Gasteiger partial charge < -0.3 is 11.1 Å². The van der Waals surface area contributed by atoms with E-state index in [1.807, 2.05) is 24.4 Å². The van der Waals surface area contributed by atoms with E-state index >= 15 is 0 Å². The first kappa shape index (κ1) is 11.8. The van der Waals surface area contributed by atoms with Gasteiger partial charge in [0, 0.05) is 27.8 Å². The lowest BCUT2D eigenvalue weighted by molar-refractivity contribution is 0.631. The summed E-state index contributed by atoms with van der Waals surface area (Å²) in [7, 11) is 0. The second kappa shape index (κ2) is 3.85. The molecule has 1 saturated carbocycles. The molecule has 4 heteroatoms. The number of anilines is 2. The highest BCUT2D eigenvalue weighted by Crippen LogP contribution is 2.47. The fourth-order valence-electron chi connectivity index (χ4n) is 2.23. The summed E-state index contributed by atoms with van der Waals surface area (Å²) >= 11 is 3.43. The number of nitrogens with one attached hydrogen (secondary N) is 1. The van der Waals surface area contributed by atoms with Crippen molar-refractivity contribution in [3.8, 4) is 0 Å². The maximum atomic E-state index is 6.01. The van der Waals surface area contributed by atoms with E-state index in [1.165, 1.54) is 6.42 Å². The number of aromatic nitrogens is 1. The van der Waals surface area contributed by atoms with Crippen LogP contribution in [0.5, 0.6) is 0 Å². The van der Waals surface area contributed by atoms with Crippen LogP contribution in [-0.4, -0.2) is 11.0 Å². The summed E-state index contributed by atoms with van der Waals surface area (Å²) < 4.78 is 0.950. The van der Waals surface area contributed by atoms with Crippen LogP contribution in [0.15, 0.2) is 28.9 Å². The van der Waals surface area contributed by atoms with Gasteiger partial charge >= 0.3 is 0 Å². The Morgan fingerprint density at radius 1 is 1.44 bits per heavy atom. The fourth-order valence-corrected chi connectivity index (χ4v) is 2.56. The van der Waals surface area contributed by atoms with Crippen molar-refractivity contribution in [3.05, 3.63) is 28.9 Å². The molecule has 3 nitrogen and oxygen atoms in total. The van der Waals surface area contributed by atoms with Crippen LogP contribution in [0.4, 0.5) is 11.4 Å². The van der Waals surface area contributed by atoms with Crippen molar-refractivity contribution in [3.63, 3.8) is 0 Å². The Balaban J connectivity index is 2.05. The molecule has 1 atom stereocenters. The maximum Gasteiger partial charge on any atom is 0.0954 e. The quantitative estimate of drug-likeness (QED) is 0.830. The molecule has 0 spiro atoms. The number of halogens is 1. The van der Waals surface area contributed by atoms with E-state index in [0.29, 0.717) is 11.5 Å². The first-order valence-corrected chi connectivity index (χ1v) is 6.87. The van der Waals surface area contributed by atoms with E-state index in [-0.39, 0.29) is 0 Å². The first-order chi connectivity index (χ1) is 8.47. The maximum absolute atomic E-state index is 6.01. The molecule has 1 unspecified atom stereocenters. The van der Waals surface area contributed by atoms with Gasteiger partial charge in [0.1, 0.15) is 0 Å². The monoisotopic (exact) mass is 305 g/mol. The minimum atomic E-state index is 0.392. The SMILES string of the molecule is CC1(C)CC1Nc1ccc(N)c2cc(Br)cnc12. The fraction of sp³-hybridized carbons (Fsp3) is 0.357. The van der Waals surface area contributed by atoms with Gasteiger partial charge in [0.05, 0.1) is 11.2 Å². The Kier molecular flexibility index (Phi) is 2.52. The van der Waals surface area contributed by atoms with Crippen LogP contribution in [0, 0.1) is 5.41 Å². The molecule has 1 fully saturated rings. The van der Waals surface area contributed by atoms with Crippen molar-refractivity contribution in [2.75, 3.05) is 11.1 Å². The van der Waals surface area contributed by atoms with Gasteiger partial charge in [0.2, 0.25) is 0 Å². The number of fused-ring (bicyclic) bond motifs is 1. The molecule has 1 aromatic carbocycles. The van der Waals surface area contributed by atoms with Crippen LogP contribution >= 0.6 is 15.9 Å². The zero-order valence-electron chi connectivity index (χ0n) is 10.5. The zero-order chi connectivity index (χ0) is 12.9. The van der Waals surface area contributed by atoms with Gasteiger partial charge in [-0.15, -0.1) is 0 Å². The number of nitrogens with zero attached hydrogens (tertiary/aromatic N) is 1. The molecule has 0 aliphatic heterocycles. The van der Waals surface area contributed by atoms with Gasteiger partial charge in [-0.05, 0) is 46.0 Å². The Labute approximate surface area is 115 Å². The molecule has 18 heavy (non-hydrogen) atoms. The molecule has 1 aliphatic carbocycles. The van der Waals surface area contributed by atoms with Crippen LogP contribution in [0.25, 0.3) is 10.9 Å². The second-order valence-electron chi connectivity index (χ2n) is 5.64. The Morgan fingerprint density at radius 3 is 2.83 bits per heavy atom. The third-order valence-corrected chi connectivity index (χ3v) is 4.13. The van der Waals surface area contributed by atoms with Crippen molar-refractivity contribution in [2.24, 2.45) is 5.41 Å². The highest BCUT2D eigenvalue weighted by molar-refractivity contribution is 9.10. The molecular weight excluding hydrogens is 290 g/mol. The lowest BCUT2D eigenvalue weighted by Gasteiger charge is -2.12. The Hall–Kier alpha value is -1.29. The molecule has 1 aromatic heterocycles. The number of hydrogen-bond donors (Lipinski definition) is 2. The van der Waals surface area contributed by atoms with E-state index in [9.17, 15) is 0 Å². The number of pyridine rings is 1. The molecule has 0 saturated heterocycles. The average molecular weight is 306 g/mol. The van der Waals surface area contributed by atoms with Crippen molar-refractivity contribution >= 4 is 38.2 Å². The van der Waals surface area contributed by atoms with Crippen LogP contribution in [-0.2, 0) is 0 Å². The van der Waals surface area contributed by atoms with Gasteiger partial charge in [-0.25, -0.2) is 0 Å². The van der Waals surface area contributed by atoms with Crippen LogP contribution in [0.2, 0.25) is 0 Å². The number of benzene rings is 1. The topological polar surface area (TPSA) is 50.9 Å².